The molecule has 1 aliphatic heterocycles. The third kappa shape index (κ3) is 3.11. The van der Waals surface area contributed by atoms with Crippen LogP contribution in [0.3, 0.4) is 0 Å². The molecule has 5 nitrogen and oxygen atoms in total. The number of nitrogens with one attached hydrogen (secondary N) is 1. The predicted octanol–water partition coefficient (Wildman–Crippen LogP) is 3.56. The Balaban J connectivity index is 1.52. The van der Waals surface area contributed by atoms with E-state index in [0.29, 0.717) is 24.5 Å². The number of hydrogen-bond donors (Lipinski definition) is 1. The Kier molecular flexibility index (Phi) is 4.27. The minimum absolute atomic E-state index is 0.150. The fraction of sp³-hybridized carbons (Fsp3) is 0.143. The highest BCUT2D eigenvalue weighted by atomic mass is 16.3. The molecule has 4 rings (SSSR count). The van der Waals surface area contributed by atoms with Gasteiger partial charge < -0.3 is 14.3 Å². The van der Waals surface area contributed by atoms with Crippen LogP contribution in [0.15, 0.2) is 76.1 Å². The molecule has 0 fully saturated rings. The highest BCUT2D eigenvalue weighted by Crippen LogP contribution is 2.23. The number of carbonyl (C=O) groups is 1. The monoisotopic (exact) mass is 346 g/mol. The summed E-state index contributed by atoms with van der Waals surface area (Å²) in [6.07, 6.45) is 4.37. The van der Waals surface area contributed by atoms with E-state index in [-0.39, 0.29) is 11.5 Å². The zero-order chi connectivity index (χ0) is 17.9. The Labute approximate surface area is 150 Å². The quantitative estimate of drug-likeness (QED) is 0.788. The molecule has 1 amide bonds. The number of aromatic nitrogens is 1. The molecule has 1 aliphatic rings. The highest BCUT2D eigenvalue weighted by molar-refractivity contribution is 5.94. The number of H-pyrrole nitrogens is 1. The normalized spacial score (nSPS) is 14.2. The summed E-state index contributed by atoms with van der Waals surface area (Å²) >= 11 is 0. The van der Waals surface area contributed by atoms with Crippen molar-refractivity contribution < 1.29 is 9.21 Å². The molecular weight excluding hydrogens is 328 g/mol. The van der Waals surface area contributed by atoms with Gasteiger partial charge in [-0.25, -0.2) is 0 Å². The average Bonchev–Trinajstić information content (AvgIpc) is 3.23. The predicted molar refractivity (Wildman–Crippen MR) is 99.7 cm³/mol. The van der Waals surface area contributed by atoms with E-state index in [2.05, 4.69) is 23.2 Å². The molecule has 3 heterocycles. The minimum Gasteiger partial charge on any atom is -0.463 e. The van der Waals surface area contributed by atoms with E-state index in [1.807, 2.05) is 18.2 Å². The van der Waals surface area contributed by atoms with Gasteiger partial charge in [-0.3, -0.25) is 9.59 Å². The molecule has 0 radical (unpaired) electrons. The van der Waals surface area contributed by atoms with Gasteiger partial charge in [0.25, 0.3) is 11.5 Å². The lowest BCUT2D eigenvalue weighted by Crippen LogP contribution is -2.37. The number of pyridine rings is 1. The molecule has 0 saturated carbocycles. The van der Waals surface area contributed by atoms with Crippen LogP contribution < -0.4 is 5.56 Å². The first-order chi connectivity index (χ1) is 12.7. The van der Waals surface area contributed by atoms with Crippen molar-refractivity contribution in [1.82, 2.24) is 9.88 Å². The van der Waals surface area contributed by atoms with Crippen LogP contribution in [0, 0.1) is 0 Å². The lowest BCUT2D eigenvalue weighted by Gasteiger charge is -2.26. The molecule has 2 aromatic heterocycles. The first-order valence-corrected chi connectivity index (χ1v) is 8.53. The van der Waals surface area contributed by atoms with E-state index in [0.717, 1.165) is 6.42 Å². The number of benzene rings is 1. The number of rotatable bonds is 3. The SMILES string of the molecule is O=C(c1ccc(-c2ccco2)[nH]c1=O)N1CC=C(c2ccccc2)CC1. The second kappa shape index (κ2) is 6.88. The molecule has 0 saturated heterocycles. The Morgan fingerprint density at radius 3 is 2.54 bits per heavy atom. The lowest BCUT2D eigenvalue weighted by atomic mass is 9.99. The first kappa shape index (κ1) is 16.1. The summed E-state index contributed by atoms with van der Waals surface area (Å²) in [6, 6.07) is 16.9. The van der Waals surface area contributed by atoms with Gasteiger partial charge in [0.15, 0.2) is 0 Å². The van der Waals surface area contributed by atoms with E-state index in [1.165, 1.54) is 17.4 Å². The topological polar surface area (TPSA) is 66.3 Å². The van der Waals surface area contributed by atoms with Crippen molar-refractivity contribution in [3.05, 3.63) is 88.4 Å². The molecular formula is C21H18N2O3. The molecule has 26 heavy (non-hydrogen) atoms. The first-order valence-electron chi connectivity index (χ1n) is 8.53. The number of hydrogen-bond acceptors (Lipinski definition) is 3. The summed E-state index contributed by atoms with van der Waals surface area (Å²) in [5.41, 5.74) is 2.72. The number of aromatic amines is 1. The fourth-order valence-electron chi connectivity index (χ4n) is 3.16. The van der Waals surface area contributed by atoms with Crippen LogP contribution in [0.4, 0.5) is 0 Å². The van der Waals surface area contributed by atoms with E-state index < -0.39 is 5.56 Å². The maximum absolute atomic E-state index is 12.7. The molecule has 3 aromatic rings. The summed E-state index contributed by atoms with van der Waals surface area (Å²) in [5, 5.41) is 0. The van der Waals surface area contributed by atoms with Crippen LogP contribution in [-0.2, 0) is 0 Å². The molecule has 1 aromatic carbocycles. The molecule has 5 heteroatoms. The second-order valence-electron chi connectivity index (χ2n) is 6.19. The number of carbonyl (C=O) groups excluding carboxylic acids is 1. The molecule has 1 N–H and O–H groups in total. The molecule has 0 bridgehead atoms. The van der Waals surface area contributed by atoms with E-state index >= 15 is 0 Å². The van der Waals surface area contributed by atoms with Gasteiger partial charge in [-0.15, -0.1) is 0 Å². The highest BCUT2D eigenvalue weighted by Gasteiger charge is 2.21. The number of nitrogens with zero attached hydrogens (tertiary/aromatic N) is 1. The molecule has 130 valence electrons. The van der Waals surface area contributed by atoms with Gasteiger partial charge in [0.05, 0.1) is 12.0 Å². The van der Waals surface area contributed by atoms with Crippen LogP contribution >= 0.6 is 0 Å². The maximum Gasteiger partial charge on any atom is 0.261 e. The summed E-state index contributed by atoms with van der Waals surface area (Å²) in [5.74, 6) is 0.315. The van der Waals surface area contributed by atoms with Crippen molar-refractivity contribution in [3.8, 4) is 11.5 Å². The fourth-order valence-corrected chi connectivity index (χ4v) is 3.16. The Morgan fingerprint density at radius 1 is 1.04 bits per heavy atom. The summed E-state index contributed by atoms with van der Waals surface area (Å²) in [4.78, 5) is 29.5. The van der Waals surface area contributed by atoms with Gasteiger partial charge in [-0.2, -0.15) is 0 Å². The molecule has 0 spiro atoms. The third-order valence-electron chi connectivity index (χ3n) is 4.57. The second-order valence-corrected chi connectivity index (χ2v) is 6.19. The van der Waals surface area contributed by atoms with Crippen molar-refractivity contribution in [1.29, 1.82) is 0 Å². The summed E-state index contributed by atoms with van der Waals surface area (Å²) < 4.78 is 5.27. The van der Waals surface area contributed by atoms with Crippen molar-refractivity contribution in [2.24, 2.45) is 0 Å². The number of furan rings is 1. The Bertz CT molecular complexity index is 1000. The van der Waals surface area contributed by atoms with Gasteiger partial charge in [0, 0.05) is 13.1 Å². The van der Waals surface area contributed by atoms with E-state index in [9.17, 15) is 9.59 Å². The standard InChI is InChI=1S/C21H18N2O3/c24-20-17(8-9-18(22-20)19-7-4-14-26-19)21(25)23-12-10-16(11-13-23)15-5-2-1-3-6-15/h1-10,14H,11-13H2,(H,22,24). The van der Waals surface area contributed by atoms with E-state index in [4.69, 9.17) is 4.42 Å². The molecule has 0 atom stereocenters. The van der Waals surface area contributed by atoms with Gasteiger partial charge in [0.1, 0.15) is 11.3 Å². The third-order valence-corrected chi connectivity index (χ3v) is 4.57. The summed E-state index contributed by atoms with van der Waals surface area (Å²) in [7, 11) is 0. The van der Waals surface area contributed by atoms with E-state index in [1.54, 1.807) is 29.2 Å². The maximum atomic E-state index is 12.7. The largest absolute Gasteiger partial charge is 0.463 e. The van der Waals surface area contributed by atoms with Crippen molar-refractivity contribution in [3.63, 3.8) is 0 Å². The molecule has 0 aliphatic carbocycles. The van der Waals surface area contributed by atoms with Crippen LogP contribution in [0.1, 0.15) is 22.3 Å². The van der Waals surface area contributed by atoms with Crippen molar-refractivity contribution in [2.75, 3.05) is 13.1 Å². The average molecular weight is 346 g/mol. The summed E-state index contributed by atoms with van der Waals surface area (Å²) in [6.45, 7) is 1.10. The van der Waals surface area contributed by atoms with Crippen molar-refractivity contribution >= 4 is 11.5 Å². The van der Waals surface area contributed by atoms with Gasteiger partial charge in [-0.05, 0) is 41.8 Å². The van der Waals surface area contributed by atoms with Crippen LogP contribution in [0.25, 0.3) is 17.0 Å². The lowest BCUT2D eigenvalue weighted by molar-refractivity contribution is 0.0771. The minimum atomic E-state index is -0.401. The van der Waals surface area contributed by atoms with Gasteiger partial charge in [0.2, 0.25) is 0 Å². The number of amides is 1. The smallest absolute Gasteiger partial charge is 0.261 e. The van der Waals surface area contributed by atoms with Crippen LogP contribution in [-0.4, -0.2) is 28.9 Å². The van der Waals surface area contributed by atoms with Crippen LogP contribution in [0.2, 0.25) is 0 Å². The van der Waals surface area contributed by atoms with Gasteiger partial charge >= 0.3 is 0 Å². The Morgan fingerprint density at radius 2 is 1.88 bits per heavy atom. The van der Waals surface area contributed by atoms with Gasteiger partial charge in [-0.1, -0.05) is 36.4 Å². The van der Waals surface area contributed by atoms with Crippen molar-refractivity contribution in [2.45, 2.75) is 6.42 Å². The zero-order valence-electron chi connectivity index (χ0n) is 14.1. The molecule has 0 unspecified atom stereocenters. The zero-order valence-corrected chi connectivity index (χ0v) is 14.1. The Hall–Kier alpha value is -3.34. The van der Waals surface area contributed by atoms with Crippen LogP contribution in [0.5, 0.6) is 0 Å².